The number of benzene rings is 2. The van der Waals surface area contributed by atoms with Crippen molar-refractivity contribution < 1.29 is 9.53 Å². The molecule has 1 aromatic heterocycles. The van der Waals surface area contributed by atoms with Gasteiger partial charge in [0.05, 0.1) is 5.56 Å². The highest BCUT2D eigenvalue weighted by atomic mass is 35.5. The number of ketones is 1. The zero-order chi connectivity index (χ0) is 19.0. The maximum absolute atomic E-state index is 13.0. The van der Waals surface area contributed by atoms with Gasteiger partial charge in [-0.25, -0.2) is 0 Å². The van der Waals surface area contributed by atoms with E-state index in [1.165, 1.54) is 0 Å². The van der Waals surface area contributed by atoms with Crippen molar-refractivity contribution >= 4 is 34.4 Å². The van der Waals surface area contributed by atoms with E-state index in [0.29, 0.717) is 17.2 Å². The molecule has 27 heavy (non-hydrogen) atoms. The van der Waals surface area contributed by atoms with Crippen molar-refractivity contribution in [2.45, 2.75) is 6.92 Å². The average molecular weight is 375 g/mol. The number of allylic oxidation sites excluding steroid dienone is 1. The summed E-state index contributed by atoms with van der Waals surface area (Å²) < 4.78 is 5.70. The third kappa shape index (κ3) is 3.14. The highest BCUT2D eigenvalue weighted by molar-refractivity contribution is 6.30. The molecule has 0 amide bonds. The van der Waals surface area contributed by atoms with Crippen LogP contribution in [0.2, 0.25) is 5.02 Å². The van der Waals surface area contributed by atoms with Crippen LogP contribution in [0.4, 0.5) is 0 Å². The zero-order valence-corrected chi connectivity index (χ0v) is 15.3. The Bertz CT molecular complexity index is 1180. The summed E-state index contributed by atoms with van der Waals surface area (Å²) in [5.74, 6) is 0.430. The number of nitrogens with zero attached hydrogens (tertiary/aromatic N) is 1. The number of para-hydroxylation sites is 1. The summed E-state index contributed by atoms with van der Waals surface area (Å²) in [5.41, 5.74) is 3.79. The van der Waals surface area contributed by atoms with Gasteiger partial charge >= 0.3 is 0 Å². The van der Waals surface area contributed by atoms with E-state index < -0.39 is 0 Å². The summed E-state index contributed by atoms with van der Waals surface area (Å²) in [6.45, 7) is 2.13. The van der Waals surface area contributed by atoms with Crippen LogP contribution in [0.3, 0.4) is 0 Å². The second kappa shape index (κ2) is 6.79. The molecule has 1 aliphatic rings. The van der Waals surface area contributed by atoms with Gasteiger partial charge in [-0.3, -0.25) is 4.79 Å². The van der Waals surface area contributed by atoms with Gasteiger partial charge < -0.3 is 9.72 Å². The Morgan fingerprint density at radius 2 is 2.11 bits per heavy atom. The monoisotopic (exact) mass is 374 g/mol. The largest absolute Gasteiger partial charge is 0.488 e. The molecule has 0 fully saturated rings. The molecule has 3 aromatic rings. The molecule has 0 bridgehead atoms. The fourth-order valence-corrected chi connectivity index (χ4v) is 3.47. The summed E-state index contributed by atoms with van der Waals surface area (Å²) in [6, 6.07) is 15.0. The Morgan fingerprint density at radius 1 is 1.30 bits per heavy atom. The van der Waals surface area contributed by atoms with E-state index in [2.05, 4.69) is 4.98 Å². The molecule has 0 saturated heterocycles. The number of Topliss-reactive ketones (excluding diaryl/α,β-unsaturated/α-hetero) is 1. The first-order valence-corrected chi connectivity index (χ1v) is 8.81. The highest BCUT2D eigenvalue weighted by Crippen LogP contribution is 2.30. The van der Waals surface area contributed by atoms with E-state index in [4.69, 9.17) is 16.3 Å². The van der Waals surface area contributed by atoms with E-state index in [1.807, 2.05) is 43.3 Å². The molecule has 5 heteroatoms. The number of fused-ring (bicyclic) bond motifs is 2. The maximum Gasteiger partial charge on any atom is 0.205 e. The first kappa shape index (κ1) is 17.1. The van der Waals surface area contributed by atoms with Gasteiger partial charge in [-0.05, 0) is 48.9 Å². The third-order valence-electron chi connectivity index (χ3n) is 4.52. The number of halogens is 1. The molecular formula is C22H15ClN2O2. The second-order valence-electron chi connectivity index (χ2n) is 6.36. The van der Waals surface area contributed by atoms with Crippen molar-refractivity contribution in [1.82, 2.24) is 4.98 Å². The Morgan fingerprint density at radius 3 is 2.93 bits per heavy atom. The molecule has 1 aliphatic heterocycles. The maximum atomic E-state index is 13.0. The second-order valence-corrected chi connectivity index (χ2v) is 6.80. The van der Waals surface area contributed by atoms with Crippen LogP contribution in [-0.2, 0) is 0 Å². The molecule has 4 rings (SSSR count). The quantitative estimate of drug-likeness (QED) is 0.387. The standard InChI is InChI=1S/C22H15ClN2O2/c1-13-21(18-4-2-3-5-19(18)25-13)22(26)16(11-24)9-14-8-15-10-17(23)6-7-20(15)27-12-14/h2-10,25H,12H2,1H3. The van der Waals surface area contributed by atoms with Crippen LogP contribution in [0.5, 0.6) is 5.75 Å². The van der Waals surface area contributed by atoms with E-state index in [1.54, 1.807) is 24.3 Å². The Hall–Kier alpha value is -3.29. The van der Waals surface area contributed by atoms with Crippen LogP contribution in [-0.4, -0.2) is 17.4 Å². The molecule has 0 radical (unpaired) electrons. The number of rotatable bonds is 3. The van der Waals surface area contributed by atoms with E-state index in [9.17, 15) is 10.1 Å². The third-order valence-corrected chi connectivity index (χ3v) is 4.76. The summed E-state index contributed by atoms with van der Waals surface area (Å²) in [6.07, 6.45) is 3.48. The van der Waals surface area contributed by atoms with Gasteiger partial charge in [-0.2, -0.15) is 5.26 Å². The lowest BCUT2D eigenvalue weighted by atomic mass is 9.98. The lowest BCUT2D eigenvalue weighted by Gasteiger charge is -2.16. The minimum atomic E-state index is -0.301. The summed E-state index contributed by atoms with van der Waals surface area (Å²) >= 11 is 6.04. The predicted molar refractivity (Wildman–Crippen MR) is 106 cm³/mol. The van der Waals surface area contributed by atoms with Crippen molar-refractivity contribution in [3.05, 3.63) is 81.5 Å². The van der Waals surface area contributed by atoms with Gasteiger partial charge in [0.25, 0.3) is 0 Å². The Labute approximate surface area is 161 Å². The number of hydrogen-bond donors (Lipinski definition) is 1. The predicted octanol–water partition coefficient (Wildman–Crippen LogP) is 5.24. The van der Waals surface area contributed by atoms with Crippen LogP contribution in [0.1, 0.15) is 21.6 Å². The van der Waals surface area contributed by atoms with Gasteiger partial charge in [0.15, 0.2) is 0 Å². The molecule has 0 spiro atoms. The van der Waals surface area contributed by atoms with E-state index >= 15 is 0 Å². The molecule has 0 unspecified atom stereocenters. The summed E-state index contributed by atoms with van der Waals surface area (Å²) in [4.78, 5) is 16.2. The number of carbonyl (C=O) groups is 1. The topological polar surface area (TPSA) is 65.9 Å². The van der Waals surface area contributed by atoms with Crippen molar-refractivity contribution in [2.75, 3.05) is 6.61 Å². The Balaban J connectivity index is 1.75. The summed E-state index contributed by atoms with van der Waals surface area (Å²) in [7, 11) is 0. The van der Waals surface area contributed by atoms with Crippen LogP contribution in [0, 0.1) is 18.3 Å². The van der Waals surface area contributed by atoms with E-state index in [-0.39, 0.29) is 11.4 Å². The number of hydrogen-bond acceptors (Lipinski definition) is 3. The fourth-order valence-electron chi connectivity index (χ4n) is 3.29. The normalized spacial score (nSPS) is 13.5. The minimum absolute atomic E-state index is 0.0724. The van der Waals surface area contributed by atoms with Gasteiger partial charge in [0.1, 0.15) is 24.0 Å². The van der Waals surface area contributed by atoms with E-state index in [0.717, 1.165) is 33.5 Å². The molecular weight excluding hydrogens is 360 g/mol. The lowest BCUT2D eigenvalue weighted by molar-refractivity contribution is 0.104. The number of aromatic nitrogens is 1. The SMILES string of the molecule is Cc1[nH]c2ccccc2c1C(=O)C(C#N)=CC1=Cc2cc(Cl)ccc2OC1. The molecule has 1 N–H and O–H groups in total. The Kier molecular flexibility index (Phi) is 4.31. The lowest BCUT2D eigenvalue weighted by Crippen LogP contribution is -2.09. The number of nitriles is 1. The summed E-state index contributed by atoms with van der Waals surface area (Å²) in [5, 5.41) is 11.0. The first-order valence-electron chi connectivity index (χ1n) is 8.43. The molecule has 4 nitrogen and oxygen atoms in total. The van der Waals surface area contributed by atoms with Gasteiger partial charge in [-0.1, -0.05) is 29.8 Å². The van der Waals surface area contributed by atoms with Crippen LogP contribution in [0.25, 0.3) is 17.0 Å². The number of nitrogens with one attached hydrogen (secondary N) is 1. The molecule has 2 aromatic carbocycles. The van der Waals surface area contributed by atoms with Crippen LogP contribution >= 0.6 is 11.6 Å². The average Bonchev–Trinajstić information content (AvgIpc) is 3.00. The van der Waals surface area contributed by atoms with Crippen molar-refractivity contribution in [2.24, 2.45) is 0 Å². The highest BCUT2D eigenvalue weighted by Gasteiger charge is 2.20. The molecule has 0 saturated carbocycles. The molecule has 2 heterocycles. The molecule has 0 atom stereocenters. The number of aromatic amines is 1. The smallest absolute Gasteiger partial charge is 0.205 e. The zero-order valence-electron chi connectivity index (χ0n) is 14.5. The van der Waals surface area contributed by atoms with Crippen LogP contribution in [0.15, 0.2) is 59.7 Å². The molecule has 0 aliphatic carbocycles. The number of aryl methyl sites for hydroxylation is 1. The van der Waals surface area contributed by atoms with Gasteiger partial charge in [0, 0.05) is 27.2 Å². The van der Waals surface area contributed by atoms with Gasteiger partial charge in [-0.15, -0.1) is 0 Å². The van der Waals surface area contributed by atoms with Crippen LogP contribution < -0.4 is 4.74 Å². The van der Waals surface area contributed by atoms with Crippen molar-refractivity contribution in [1.29, 1.82) is 5.26 Å². The van der Waals surface area contributed by atoms with Gasteiger partial charge in [0.2, 0.25) is 5.78 Å². The minimum Gasteiger partial charge on any atom is -0.488 e. The first-order chi connectivity index (χ1) is 13.1. The molecule has 132 valence electrons. The number of carbonyl (C=O) groups excluding carboxylic acids is 1. The number of ether oxygens (including phenoxy) is 1. The van der Waals surface area contributed by atoms with Crippen molar-refractivity contribution in [3.63, 3.8) is 0 Å². The fraction of sp³-hybridized carbons (Fsp3) is 0.0909. The number of H-pyrrole nitrogens is 1. The van der Waals surface area contributed by atoms with Crippen molar-refractivity contribution in [3.8, 4) is 11.8 Å².